The molecule has 0 spiro atoms. The van der Waals surface area contributed by atoms with E-state index in [0.29, 0.717) is 5.88 Å². The van der Waals surface area contributed by atoms with Crippen molar-refractivity contribution < 1.29 is 4.74 Å². The molecule has 14 heavy (non-hydrogen) atoms. The van der Waals surface area contributed by atoms with Gasteiger partial charge in [0.2, 0.25) is 0 Å². The van der Waals surface area contributed by atoms with Crippen LogP contribution in [0.2, 0.25) is 0 Å². The number of hydrogen-bond acceptors (Lipinski definition) is 1. The molecular formula is C12H15ClO. The summed E-state index contributed by atoms with van der Waals surface area (Å²) in [6, 6.07) is 6.18. The lowest BCUT2D eigenvalue weighted by Gasteiger charge is -2.07. The van der Waals surface area contributed by atoms with Crippen LogP contribution < -0.4 is 4.74 Å². The average Bonchev–Trinajstić information content (AvgIpc) is 2.19. The molecule has 0 aliphatic carbocycles. The molecular weight excluding hydrogens is 196 g/mol. The number of ether oxygens (including phenoxy) is 1. The van der Waals surface area contributed by atoms with Crippen LogP contribution in [0.15, 0.2) is 30.4 Å². The molecule has 0 heterocycles. The largest absolute Gasteiger partial charge is 0.496 e. The third-order valence-corrected chi connectivity index (χ3v) is 2.21. The van der Waals surface area contributed by atoms with Gasteiger partial charge in [0.05, 0.1) is 7.11 Å². The highest BCUT2D eigenvalue weighted by atomic mass is 35.5. The van der Waals surface area contributed by atoms with Gasteiger partial charge in [-0.3, -0.25) is 0 Å². The van der Waals surface area contributed by atoms with Crippen molar-refractivity contribution in [2.75, 3.05) is 13.0 Å². The van der Waals surface area contributed by atoms with Crippen molar-refractivity contribution in [2.45, 2.75) is 13.3 Å². The third-order valence-electron chi connectivity index (χ3n) is 2.03. The van der Waals surface area contributed by atoms with Gasteiger partial charge in [-0.1, -0.05) is 29.8 Å². The highest BCUT2D eigenvalue weighted by Gasteiger charge is 2.00. The Kier molecular flexibility index (Phi) is 4.54. The van der Waals surface area contributed by atoms with E-state index in [-0.39, 0.29) is 0 Å². The lowest BCUT2D eigenvalue weighted by atomic mass is 10.1. The Morgan fingerprint density at radius 2 is 2.14 bits per heavy atom. The van der Waals surface area contributed by atoms with Gasteiger partial charge in [-0.2, -0.15) is 0 Å². The van der Waals surface area contributed by atoms with E-state index in [9.17, 15) is 0 Å². The minimum absolute atomic E-state index is 0.564. The zero-order valence-corrected chi connectivity index (χ0v) is 9.34. The second-order valence-corrected chi connectivity index (χ2v) is 3.45. The molecule has 0 fully saturated rings. The van der Waals surface area contributed by atoms with Crippen LogP contribution in [-0.4, -0.2) is 13.0 Å². The van der Waals surface area contributed by atoms with Crippen LogP contribution in [0.5, 0.6) is 5.75 Å². The highest BCUT2D eigenvalue weighted by Crippen LogP contribution is 2.20. The Balaban J connectivity index is 2.82. The summed E-state index contributed by atoms with van der Waals surface area (Å²) in [6.07, 6.45) is 4.88. The maximum absolute atomic E-state index is 5.55. The van der Waals surface area contributed by atoms with Crippen molar-refractivity contribution in [3.05, 3.63) is 41.5 Å². The van der Waals surface area contributed by atoms with Crippen LogP contribution in [0, 0.1) is 6.92 Å². The van der Waals surface area contributed by atoms with Crippen LogP contribution in [0.25, 0.3) is 0 Å². The molecule has 76 valence electrons. The van der Waals surface area contributed by atoms with Gasteiger partial charge in [0.1, 0.15) is 5.75 Å². The summed E-state index contributed by atoms with van der Waals surface area (Å²) in [6.45, 7) is 2.08. The van der Waals surface area contributed by atoms with Crippen LogP contribution in [0.4, 0.5) is 0 Å². The maximum atomic E-state index is 5.55. The van der Waals surface area contributed by atoms with Gasteiger partial charge >= 0.3 is 0 Å². The molecule has 1 nitrogen and oxygen atoms in total. The minimum Gasteiger partial charge on any atom is -0.496 e. The van der Waals surface area contributed by atoms with Gasteiger partial charge in [-0.25, -0.2) is 0 Å². The molecule has 0 aliphatic heterocycles. The predicted octanol–water partition coefficient (Wildman–Crippen LogP) is 3.34. The lowest BCUT2D eigenvalue weighted by Crippen LogP contribution is -1.91. The van der Waals surface area contributed by atoms with E-state index in [0.717, 1.165) is 12.2 Å². The molecule has 0 saturated heterocycles. The van der Waals surface area contributed by atoms with Crippen molar-refractivity contribution in [2.24, 2.45) is 0 Å². The van der Waals surface area contributed by atoms with Crippen molar-refractivity contribution in [3.63, 3.8) is 0 Å². The maximum Gasteiger partial charge on any atom is 0.122 e. The average molecular weight is 211 g/mol. The van der Waals surface area contributed by atoms with Gasteiger partial charge in [0, 0.05) is 5.88 Å². The van der Waals surface area contributed by atoms with E-state index in [1.165, 1.54) is 11.1 Å². The molecule has 0 saturated carbocycles. The Hall–Kier alpha value is -0.950. The summed E-state index contributed by atoms with van der Waals surface area (Å²) >= 11 is 5.55. The fourth-order valence-corrected chi connectivity index (χ4v) is 1.47. The topological polar surface area (TPSA) is 9.23 Å². The second kappa shape index (κ2) is 5.71. The standard InChI is InChI=1S/C12H15ClO/c1-10-6-7-12(14-2)11(9-10)5-3-4-8-13/h3-4,6-7,9H,5,8H2,1-2H3/b4-3+. The van der Waals surface area contributed by atoms with Crippen molar-refractivity contribution in [3.8, 4) is 5.75 Å². The smallest absolute Gasteiger partial charge is 0.122 e. The number of halogens is 1. The quantitative estimate of drug-likeness (QED) is 0.547. The number of alkyl halides is 1. The Bertz CT molecular complexity index is 318. The molecule has 0 bridgehead atoms. The second-order valence-electron chi connectivity index (χ2n) is 3.15. The third kappa shape index (κ3) is 3.08. The number of rotatable bonds is 4. The van der Waals surface area contributed by atoms with Gasteiger partial charge in [0.25, 0.3) is 0 Å². The molecule has 0 N–H and O–H groups in total. The summed E-state index contributed by atoms with van der Waals surface area (Å²) in [5, 5.41) is 0. The van der Waals surface area contributed by atoms with Crippen LogP contribution in [0.1, 0.15) is 11.1 Å². The molecule has 2 heteroatoms. The van der Waals surface area contributed by atoms with Crippen LogP contribution >= 0.6 is 11.6 Å². The summed E-state index contributed by atoms with van der Waals surface area (Å²) in [4.78, 5) is 0. The molecule has 0 aromatic heterocycles. The zero-order valence-electron chi connectivity index (χ0n) is 8.59. The summed E-state index contributed by atoms with van der Waals surface area (Å²) in [5.41, 5.74) is 2.45. The first kappa shape index (κ1) is 11.1. The number of hydrogen-bond donors (Lipinski definition) is 0. The molecule has 0 unspecified atom stereocenters. The summed E-state index contributed by atoms with van der Waals surface area (Å²) < 4.78 is 5.26. The van der Waals surface area contributed by atoms with E-state index >= 15 is 0 Å². The predicted molar refractivity (Wildman–Crippen MR) is 61.3 cm³/mol. The molecule has 0 aliphatic rings. The number of aryl methyl sites for hydroxylation is 1. The van der Waals surface area contributed by atoms with E-state index in [1.54, 1.807) is 7.11 Å². The highest BCUT2D eigenvalue weighted by molar-refractivity contribution is 6.18. The molecule has 0 amide bonds. The number of methoxy groups -OCH3 is 1. The molecule has 1 aromatic rings. The number of allylic oxidation sites excluding steroid dienone is 2. The Labute approximate surface area is 90.3 Å². The van der Waals surface area contributed by atoms with E-state index in [1.807, 2.05) is 18.2 Å². The van der Waals surface area contributed by atoms with Crippen LogP contribution in [-0.2, 0) is 6.42 Å². The van der Waals surface area contributed by atoms with E-state index < -0.39 is 0 Å². The van der Waals surface area contributed by atoms with Gasteiger partial charge < -0.3 is 4.74 Å². The summed E-state index contributed by atoms with van der Waals surface area (Å²) in [5.74, 6) is 1.50. The molecule has 0 atom stereocenters. The van der Waals surface area contributed by atoms with Gasteiger partial charge in [-0.15, -0.1) is 11.6 Å². The number of benzene rings is 1. The normalized spacial score (nSPS) is 10.8. The minimum atomic E-state index is 0.564. The zero-order chi connectivity index (χ0) is 10.4. The SMILES string of the molecule is COc1ccc(C)cc1C/C=C/CCl. The Morgan fingerprint density at radius 3 is 2.79 bits per heavy atom. The van der Waals surface area contributed by atoms with Crippen molar-refractivity contribution >= 4 is 11.6 Å². The lowest BCUT2D eigenvalue weighted by molar-refractivity contribution is 0.410. The summed E-state index contributed by atoms with van der Waals surface area (Å²) in [7, 11) is 1.69. The molecule has 1 rings (SSSR count). The van der Waals surface area contributed by atoms with Crippen molar-refractivity contribution in [1.82, 2.24) is 0 Å². The van der Waals surface area contributed by atoms with E-state index in [2.05, 4.69) is 19.1 Å². The van der Waals surface area contributed by atoms with Crippen molar-refractivity contribution in [1.29, 1.82) is 0 Å². The molecule has 0 radical (unpaired) electrons. The first-order chi connectivity index (χ1) is 6.77. The van der Waals surface area contributed by atoms with E-state index in [4.69, 9.17) is 16.3 Å². The molecule has 1 aromatic carbocycles. The van der Waals surface area contributed by atoms with Gasteiger partial charge in [0.15, 0.2) is 0 Å². The monoisotopic (exact) mass is 210 g/mol. The Morgan fingerprint density at radius 1 is 1.36 bits per heavy atom. The fraction of sp³-hybridized carbons (Fsp3) is 0.333. The van der Waals surface area contributed by atoms with Crippen LogP contribution in [0.3, 0.4) is 0 Å². The van der Waals surface area contributed by atoms with Gasteiger partial charge in [-0.05, 0) is 25.0 Å². The fourth-order valence-electron chi connectivity index (χ4n) is 1.34. The first-order valence-electron chi connectivity index (χ1n) is 4.62. The first-order valence-corrected chi connectivity index (χ1v) is 5.16.